The van der Waals surface area contributed by atoms with Crippen molar-refractivity contribution in [1.29, 1.82) is 0 Å². The zero-order valence-corrected chi connectivity index (χ0v) is 14.0. The van der Waals surface area contributed by atoms with E-state index in [9.17, 15) is 8.78 Å². The van der Waals surface area contributed by atoms with E-state index in [2.05, 4.69) is 25.0 Å². The molecular formula is C17H18F2N6. The Morgan fingerprint density at radius 3 is 2.80 bits per heavy atom. The van der Waals surface area contributed by atoms with Crippen molar-refractivity contribution in [2.24, 2.45) is 0 Å². The van der Waals surface area contributed by atoms with Gasteiger partial charge in [0.1, 0.15) is 17.5 Å². The number of hydrogen-bond donors (Lipinski definition) is 0. The van der Waals surface area contributed by atoms with Crippen molar-refractivity contribution in [3.8, 4) is 0 Å². The Morgan fingerprint density at radius 1 is 1.24 bits per heavy atom. The fourth-order valence-electron chi connectivity index (χ4n) is 3.11. The fraction of sp³-hybridized carbons (Fsp3) is 0.353. The second kappa shape index (κ2) is 6.03. The first-order valence-corrected chi connectivity index (χ1v) is 8.08. The number of fused-ring (bicyclic) bond motifs is 1. The summed E-state index contributed by atoms with van der Waals surface area (Å²) < 4.78 is 28.7. The minimum absolute atomic E-state index is 0.274. The van der Waals surface area contributed by atoms with E-state index in [1.807, 2.05) is 24.6 Å². The highest BCUT2D eigenvalue weighted by Gasteiger charge is 2.32. The molecule has 0 unspecified atom stereocenters. The number of aromatic nitrogens is 4. The van der Waals surface area contributed by atoms with E-state index in [4.69, 9.17) is 0 Å². The van der Waals surface area contributed by atoms with Gasteiger partial charge in [0, 0.05) is 49.7 Å². The SMILES string of the molecule is Cc1nnc2c(N3CC(N(C)Cc4ccc(F)cc4F)C3)nccn12. The maximum Gasteiger partial charge on any atom is 0.203 e. The number of rotatable bonds is 4. The molecule has 0 aliphatic carbocycles. The van der Waals surface area contributed by atoms with Gasteiger partial charge in [-0.05, 0) is 20.0 Å². The summed E-state index contributed by atoms with van der Waals surface area (Å²) in [6.07, 6.45) is 3.58. The molecule has 1 fully saturated rings. The quantitative estimate of drug-likeness (QED) is 0.725. The van der Waals surface area contributed by atoms with Gasteiger partial charge in [-0.1, -0.05) is 6.07 Å². The number of anilines is 1. The second-order valence-electron chi connectivity index (χ2n) is 6.40. The normalized spacial score (nSPS) is 15.2. The third-order valence-corrected chi connectivity index (χ3v) is 4.70. The molecule has 1 aliphatic rings. The van der Waals surface area contributed by atoms with Crippen LogP contribution in [0.5, 0.6) is 0 Å². The number of halogens is 2. The molecule has 6 nitrogen and oxygen atoms in total. The van der Waals surface area contributed by atoms with Crippen LogP contribution in [0.25, 0.3) is 5.65 Å². The molecule has 0 atom stereocenters. The molecule has 0 amide bonds. The van der Waals surface area contributed by atoms with Crippen LogP contribution in [0.4, 0.5) is 14.6 Å². The molecule has 25 heavy (non-hydrogen) atoms. The lowest BCUT2D eigenvalue weighted by molar-refractivity contribution is 0.194. The molecule has 1 saturated heterocycles. The number of aryl methyl sites for hydroxylation is 1. The van der Waals surface area contributed by atoms with E-state index >= 15 is 0 Å². The minimum Gasteiger partial charge on any atom is -0.350 e. The van der Waals surface area contributed by atoms with Gasteiger partial charge in [0.05, 0.1) is 0 Å². The maximum atomic E-state index is 13.8. The molecule has 0 N–H and O–H groups in total. The molecule has 0 bridgehead atoms. The minimum atomic E-state index is -0.554. The first kappa shape index (κ1) is 15.9. The summed E-state index contributed by atoms with van der Waals surface area (Å²) in [4.78, 5) is 8.63. The van der Waals surface area contributed by atoms with Crippen molar-refractivity contribution in [3.63, 3.8) is 0 Å². The first-order chi connectivity index (χ1) is 12.0. The Hall–Kier alpha value is -2.61. The van der Waals surface area contributed by atoms with Crippen LogP contribution in [0, 0.1) is 18.6 Å². The average Bonchev–Trinajstić information content (AvgIpc) is 2.91. The summed E-state index contributed by atoms with van der Waals surface area (Å²) in [7, 11) is 1.94. The molecule has 8 heteroatoms. The molecule has 1 aliphatic heterocycles. The first-order valence-electron chi connectivity index (χ1n) is 8.08. The molecule has 4 rings (SSSR count). The van der Waals surface area contributed by atoms with Crippen molar-refractivity contribution in [3.05, 3.63) is 53.6 Å². The van der Waals surface area contributed by atoms with Crippen LogP contribution in [-0.2, 0) is 6.54 Å². The monoisotopic (exact) mass is 344 g/mol. The lowest BCUT2D eigenvalue weighted by atomic mass is 10.1. The number of hydrogen-bond acceptors (Lipinski definition) is 5. The second-order valence-corrected chi connectivity index (χ2v) is 6.40. The van der Waals surface area contributed by atoms with E-state index in [-0.39, 0.29) is 6.04 Å². The predicted octanol–water partition coefficient (Wildman–Crippen LogP) is 2.03. The Balaban J connectivity index is 1.44. The largest absolute Gasteiger partial charge is 0.350 e. The predicted molar refractivity (Wildman–Crippen MR) is 89.3 cm³/mol. The summed E-state index contributed by atoms with van der Waals surface area (Å²) >= 11 is 0. The summed E-state index contributed by atoms with van der Waals surface area (Å²) in [5, 5.41) is 8.28. The Kier molecular flexibility index (Phi) is 3.84. The smallest absolute Gasteiger partial charge is 0.203 e. The molecule has 2 aromatic heterocycles. The van der Waals surface area contributed by atoms with Crippen molar-refractivity contribution in [2.75, 3.05) is 25.0 Å². The topological polar surface area (TPSA) is 49.6 Å². The molecule has 0 radical (unpaired) electrons. The van der Waals surface area contributed by atoms with Gasteiger partial charge in [-0.3, -0.25) is 9.30 Å². The lowest BCUT2D eigenvalue weighted by Gasteiger charge is -2.44. The number of likely N-dealkylation sites (N-methyl/N-ethyl adjacent to an activating group) is 1. The summed E-state index contributed by atoms with van der Waals surface area (Å²) in [6, 6.07) is 3.99. The summed E-state index contributed by atoms with van der Waals surface area (Å²) in [5.41, 5.74) is 1.24. The maximum absolute atomic E-state index is 13.8. The van der Waals surface area contributed by atoms with E-state index < -0.39 is 11.6 Å². The Bertz CT molecular complexity index is 919. The molecule has 1 aromatic carbocycles. The highest BCUT2D eigenvalue weighted by atomic mass is 19.1. The van der Waals surface area contributed by atoms with Gasteiger partial charge in [0.15, 0.2) is 5.82 Å². The Morgan fingerprint density at radius 2 is 2.04 bits per heavy atom. The zero-order valence-electron chi connectivity index (χ0n) is 14.0. The van der Waals surface area contributed by atoms with Crippen molar-refractivity contribution in [1.82, 2.24) is 24.5 Å². The van der Waals surface area contributed by atoms with Crippen LogP contribution in [-0.4, -0.2) is 50.7 Å². The van der Waals surface area contributed by atoms with Crippen LogP contribution in [0.15, 0.2) is 30.6 Å². The van der Waals surface area contributed by atoms with Crippen LogP contribution >= 0.6 is 0 Å². The average molecular weight is 344 g/mol. The molecule has 0 spiro atoms. The van der Waals surface area contributed by atoms with Crippen LogP contribution in [0.2, 0.25) is 0 Å². The summed E-state index contributed by atoms with van der Waals surface area (Å²) in [6.45, 7) is 3.88. The van der Waals surface area contributed by atoms with Gasteiger partial charge in [0.2, 0.25) is 5.65 Å². The Labute approximate surface area is 143 Å². The fourth-order valence-corrected chi connectivity index (χ4v) is 3.11. The van der Waals surface area contributed by atoms with Gasteiger partial charge < -0.3 is 4.90 Å². The van der Waals surface area contributed by atoms with Gasteiger partial charge in [-0.25, -0.2) is 13.8 Å². The third kappa shape index (κ3) is 2.82. The van der Waals surface area contributed by atoms with E-state index in [1.165, 1.54) is 12.1 Å². The van der Waals surface area contributed by atoms with Gasteiger partial charge >= 0.3 is 0 Å². The molecule has 130 valence electrons. The highest BCUT2D eigenvalue weighted by Crippen LogP contribution is 2.25. The van der Waals surface area contributed by atoms with Crippen LogP contribution in [0.3, 0.4) is 0 Å². The van der Waals surface area contributed by atoms with Crippen LogP contribution in [0.1, 0.15) is 11.4 Å². The highest BCUT2D eigenvalue weighted by molar-refractivity contribution is 5.65. The lowest BCUT2D eigenvalue weighted by Crippen LogP contribution is -2.58. The van der Waals surface area contributed by atoms with Gasteiger partial charge in [-0.2, -0.15) is 0 Å². The molecular weight excluding hydrogens is 326 g/mol. The van der Waals surface area contributed by atoms with Crippen LogP contribution < -0.4 is 4.90 Å². The van der Waals surface area contributed by atoms with Crippen molar-refractivity contribution >= 4 is 11.5 Å². The third-order valence-electron chi connectivity index (χ3n) is 4.70. The number of benzene rings is 1. The van der Waals surface area contributed by atoms with E-state index in [1.54, 1.807) is 6.20 Å². The molecule has 0 saturated carbocycles. The van der Waals surface area contributed by atoms with E-state index in [0.717, 1.165) is 36.4 Å². The van der Waals surface area contributed by atoms with Crippen molar-refractivity contribution in [2.45, 2.75) is 19.5 Å². The molecule has 3 aromatic rings. The number of nitrogens with zero attached hydrogens (tertiary/aromatic N) is 6. The van der Waals surface area contributed by atoms with Gasteiger partial charge in [0.25, 0.3) is 0 Å². The standard InChI is InChI=1S/C17H18F2N6/c1-11-21-22-17-16(20-5-6-25(11)17)24-9-14(10-24)23(2)8-12-3-4-13(18)7-15(12)19/h3-7,14H,8-10H2,1-2H3. The molecule has 3 heterocycles. The van der Waals surface area contributed by atoms with E-state index in [0.29, 0.717) is 12.1 Å². The van der Waals surface area contributed by atoms with Crippen molar-refractivity contribution < 1.29 is 8.78 Å². The summed E-state index contributed by atoms with van der Waals surface area (Å²) in [5.74, 6) is 0.565. The van der Waals surface area contributed by atoms with Gasteiger partial charge in [-0.15, -0.1) is 10.2 Å². The zero-order chi connectivity index (χ0) is 17.6.